The van der Waals surface area contributed by atoms with Gasteiger partial charge in [-0.25, -0.2) is 15.0 Å². The Hall–Kier alpha value is -0.810. The summed E-state index contributed by atoms with van der Waals surface area (Å²) in [4.78, 5) is 12.3. The monoisotopic (exact) mass is 214 g/mol. The predicted molar refractivity (Wildman–Crippen MR) is 53.1 cm³/mol. The van der Waals surface area contributed by atoms with Crippen LogP contribution in [0.2, 0.25) is 5.15 Å². The van der Waals surface area contributed by atoms with Gasteiger partial charge in [0.25, 0.3) is 0 Å². The van der Waals surface area contributed by atoms with Gasteiger partial charge in [0.1, 0.15) is 11.8 Å². The van der Waals surface area contributed by atoms with Gasteiger partial charge >= 0.3 is 0 Å². The molecule has 0 unspecified atom stereocenters. The van der Waals surface area contributed by atoms with E-state index in [1.54, 1.807) is 11.8 Å². The highest BCUT2D eigenvalue weighted by Gasteiger charge is 2.10. The van der Waals surface area contributed by atoms with Crippen molar-refractivity contribution in [1.29, 1.82) is 0 Å². The molecule has 2 aromatic rings. The second-order valence-corrected chi connectivity index (χ2v) is 3.63. The van der Waals surface area contributed by atoms with Gasteiger partial charge < -0.3 is 4.57 Å². The standard InChI is InChI=1S/C7H7ClN4S/c1-12-6-4(11-7(12)13-2)5(8)9-3-10-6/h3H,1-2H3. The van der Waals surface area contributed by atoms with Crippen molar-refractivity contribution < 1.29 is 0 Å². The minimum atomic E-state index is 0.404. The lowest BCUT2D eigenvalue weighted by Crippen LogP contribution is -1.91. The Balaban J connectivity index is 2.83. The second kappa shape index (κ2) is 3.16. The van der Waals surface area contributed by atoms with E-state index in [1.807, 2.05) is 17.9 Å². The molecule has 0 N–H and O–H groups in total. The van der Waals surface area contributed by atoms with E-state index >= 15 is 0 Å². The molecule has 0 radical (unpaired) electrons. The molecule has 0 spiro atoms. The van der Waals surface area contributed by atoms with E-state index in [-0.39, 0.29) is 0 Å². The van der Waals surface area contributed by atoms with Gasteiger partial charge in [-0.3, -0.25) is 0 Å². The molecular formula is C7H7ClN4S. The molecule has 4 nitrogen and oxygen atoms in total. The van der Waals surface area contributed by atoms with Gasteiger partial charge in [-0.2, -0.15) is 0 Å². The highest BCUT2D eigenvalue weighted by Crippen LogP contribution is 2.22. The Labute approximate surface area is 84.3 Å². The molecular weight excluding hydrogens is 208 g/mol. The Morgan fingerprint density at radius 1 is 1.46 bits per heavy atom. The number of imidazole rings is 1. The van der Waals surface area contributed by atoms with Crippen molar-refractivity contribution in [2.45, 2.75) is 5.16 Å². The van der Waals surface area contributed by atoms with E-state index in [4.69, 9.17) is 11.6 Å². The molecule has 0 aliphatic carbocycles. The molecule has 68 valence electrons. The van der Waals surface area contributed by atoms with Gasteiger partial charge in [-0.15, -0.1) is 0 Å². The van der Waals surface area contributed by atoms with Crippen LogP contribution in [0.5, 0.6) is 0 Å². The topological polar surface area (TPSA) is 43.6 Å². The fourth-order valence-electron chi connectivity index (χ4n) is 1.13. The number of nitrogens with zero attached hydrogens (tertiary/aromatic N) is 4. The van der Waals surface area contributed by atoms with Crippen LogP contribution in [0, 0.1) is 0 Å². The molecule has 0 aromatic carbocycles. The molecule has 6 heteroatoms. The lowest BCUT2D eigenvalue weighted by molar-refractivity contribution is 0.807. The maximum absolute atomic E-state index is 5.86. The van der Waals surface area contributed by atoms with E-state index in [2.05, 4.69) is 15.0 Å². The lowest BCUT2D eigenvalue weighted by atomic mass is 10.6. The van der Waals surface area contributed by atoms with E-state index in [9.17, 15) is 0 Å². The quantitative estimate of drug-likeness (QED) is 0.536. The van der Waals surface area contributed by atoms with E-state index in [0.29, 0.717) is 10.7 Å². The van der Waals surface area contributed by atoms with Crippen LogP contribution in [0.3, 0.4) is 0 Å². The third kappa shape index (κ3) is 1.28. The Morgan fingerprint density at radius 2 is 2.23 bits per heavy atom. The Bertz CT molecular complexity index is 453. The third-order valence-corrected chi connectivity index (χ3v) is 2.76. The van der Waals surface area contributed by atoms with Crippen molar-refractivity contribution in [3.8, 4) is 0 Å². The maximum atomic E-state index is 5.86. The number of hydrogen-bond acceptors (Lipinski definition) is 4. The number of thioether (sulfide) groups is 1. The molecule has 0 saturated heterocycles. The molecule has 2 rings (SSSR count). The minimum absolute atomic E-state index is 0.404. The van der Waals surface area contributed by atoms with Crippen LogP contribution in [-0.2, 0) is 7.05 Å². The van der Waals surface area contributed by atoms with Crippen LogP contribution < -0.4 is 0 Å². The van der Waals surface area contributed by atoms with E-state index in [1.165, 1.54) is 6.33 Å². The Morgan fingerprint density at radius 3 is 2.85 bits per heavy atom. The largest absolute Gasteiger partial charge is 0.307 e. The first-order valence-corrected chi connectivity index (χ1v) is 5.21. The minimum Gasteiger partial charge on any atom is -0.307 e. The molecule has 0 aliphatic rings. The maximum Gasteiger partial charge on any atom is 0.169 e. The highest BCUT2D eigenvalue weighted by atomic mass is 35.5. The normalized spacial score (nSPS) is 11.0. The van der Waals surface area contributed by atoms with Crippen molar-refractivity contribution in [1.82, 2.24) is 19.5 Å². The fraction of sp³-hybridized carbons (Fsp3) is 0.286. The number of halogens is 1. The lowest BCUT2D eigenvalue weighted by Gasteiger charge is -1.95. The second-order valence-electron chi connectivity index (χ2n) is 2.49. The van der Waals surface area contributed by atoms with Crippen LogP contribution in [0.25, 0.3) is 11.2 Å². The molecule has 2 heterocycles. The van der Waals surface area contributed by atoms with Gasteiger partial charge in [0, 0.05) is 7.05 Å². The molecule has 13 heavy (non-hydrogen) atoms. The van der Waals surface area contributed by atoms with Gasteiger partial charge in [-0.1, -0.05) is 23.4 Å². The number of rotatable bonds is 1. The van der Waals surface area contributed by atoms with Crippen LogP contribution in [0.1, 0.15) is 0 Å². The zero-order valence-electron chi connectivity index (χ0n) is 7.15. The number of hydrogen-bond donors (Lipinski definition) is 0. The summed E-state index contributed by atoms with van der Waals surface area (Å²) in [5.74, 6) is 0. The van der Waals surface area contributed by atoms with E-state index in [0.717, 1.165) is 10.8 Å². The summed E-state index contributed by atoms with van der Waals surface area (Å²) in [6, 6.07) is 0. The highest BCUT2D eigenvalue weighted by molar-refractivity contribution is 7.98. The van der Waals surface area contributed by atoms with Crippen LogP contribution in [0.15, 0.2) is 11.5 Å². The molecule has 0 atom stereocenters. The summed E-state index contributed by atoms with van der Waals surface area (Å²) in [6.45, 7) is 0. The number of fused-ring (bicyclic) bond motifs is 1. The molecule has 0 bridgehead atoms. The third-order valence-electron chi connectivity index (χ3n) is 1.75. The van der Waals surface area contributed by atoms with Crippen molar-refractivity contribution >= 4 is 34.5 Å². The smallest absolute Gasteiger partial charge is 0.169 e. The first-order valence-electron chi connectivity index (χ1n) is 3.61. The average molecular weight is 215 g/mol. The summed E-state index contributed by atoms with van der Waals surface area (Å²) in [5.41, 5.74) is 1.43. The first-order chi connectivity index (χ1) is 6.24. The Kier molecular flexibility index (Phi) is 2.13. The van der Waals surface area contributed by atoms with E-state index < -0.39 is 0 Å². The number of aromatic nitrogens is 4. The summed E-state index contributed by atoms with van der Waals surface area (Å²) in [6.07, 6.45) is 3.40. The summed E-state index contributed by atoms with van der Waals surface area (Å²) >= 11 is 7.42. The zero-order valence-corrected chi connectivity index (χ0v) is 8.72. The fourth-order valence-corrected chi connectivity index (χ4v) is 1.85. The van der Waals surface area contributed by atoms with Gasteiger partial charge in [0.15, 0.2) is 16.0 Å². The van der Waals surface area contributed by atoms with Gasteiger partial charge in [0.2, 0.25) is 0 Å². The summed E-state index contributed by atoms with van der Waals surface area (Å²) in [7, 11) is 1.91. The average Bonchev–Trinajstić information content (AvgIpc) is 2.45. The van der Waals surface area contributed by atoms with Gasteiger partial charge in [-0.05, 0) is 6.26 Å². The van der Waals surface area contributed by atoms with Crippen molar-refractivity contribution in [2.75, 3.05) is 6.26 Å². The number of aryl methyl sites for hydroxylation is 1. The van der Waals surface area contributed by atoms with Crippen LogP contribution in [0.4, 0.5) is 0 Å². The molecule has 0 fully saturated rings. The van der Waals surface area contributed by atoms with Crippen LogP contribution in [-0.4, -0.2) is 25.8 Å². The first kappa shape index (κ1) is 8.77. The van der Waals surface area contributed by atoms with Crippen LogP contribution >= 0.6 is 23.4 Å². The molecule has 0 aliphatic heterocycles. The summed E-state index contributed by atoms with van der Waals surface area (Å²) in [5, 5.41) is 1.29. The SMILES string of the molecule is CSc1nc2c(Cl)ncnc2n1C. The summed E-state index contributed by atoms with van der Waals surface area (Å²) < 4.78 is 1.90. The molecule has 0 saturated carbocycles. The molecule has 2 aromatic heterocycles. The predicted octanol–water partition coefficient (Wildman–Crippen LogP) is 1.74. The van der Waals surface area contributed by atoms with Crippen molar-refractivity contribution in [3.63, 3.8) is 0 Å². The van der Waals surface area contributed by atoms with Crippen molar-refractivity contribution in [2.24, 2.45) is 7.05 Å². The zero-order chi connectivity index (χ0) is 9.42. The van der Waals surface area contributed by atoms with Gasteiger partial charge in [0.05, 0.1) is 0 Å². The van der Waals surface area contributed by atoms with Crippen molar-refractivity contribution in [3.05, 3.63) is 11.5 Å². The molecule has 0 amide bonds.